The molecule has 1 N–H and O–H groups in total. The molecule has 3 rings (SSSR count). The van der Waals surface area contributed by atoms with Gasteiger partial charge in [0.1, 0.15) is 0 Å². The Morgan fingerprint density at radius 1 is 1.26 bits per heavy atom. The molecule has 0 spiro atoms. The number of ether oxygens (including phenoxy) is 2. The molecule has 1 unspecified atom stereocenters. The van der Waals surface area contributed by atoms with Gasteiger partial charge in [0.25, 0.3) is 5.91 Å². The van der Waals surface area contributed by atoms with E-state index in [1.165, 1.54) is 0 Å². The van der Waals surface area contributed by atoms with E-state index in [4.69, 9.17) is 14.5 Å². The summed E-state index contributed by atoms with van der Waals surface area (Å²) in [6.45, 7) is 3.91. The van der Waals surface area contributed by atoms with Gasteiger partial charge in [0.2, 0.25) is 0 Å². The zero-order valence-corrected chi connectivity index (χ0v) is 16.1. The van der Waals surface area contributed by atoms with Crippen LogP contribution in [-0.2, 0) is 27.1 Å². The molecule has 144 valence electrons. The number of carbonyl (C=O) groups is 2. The predicted molar refractivity (Wildman–Crippen MR) is 103 cm³/mol. The zero-order valence-electron chi connectivity index (χ0n) is 16.1. The van der Waals surface area contributed by atoms with Crippen molar-refractivity contribution in [3.8, 4) is 0 Å². The van der Waals surface area contributed by atoms with Crippen LogP contribution in [0, 0.1) is 6.92 Å². The Labute approximate surface area is 159 Å². The summed E-state index contributed by atoms with van der Waals surface area (Å²) in [7, 11) is 1.57. The van der Waals surface area contributed by atoms with Crippen LogP contribution in [0.2, 0.25) is 0 Å². The molecule has 0 saturated heterocycles. The lowest BCUT2D eigenvalue weighted by Crippen LogP contribution is -2.38. The van der Waals surface area contributed by atoms with Crippen LogP contribution < -0.4 is 5.32 Å². The molecule has 0 radical (unpaired) electrons. The van der Waals surface area contributed by atoms with E-state index in [-0.39, 0.29) is 18.6 Å². The largest absolute Gasteiger partial charge is 0.452 e. The second-order valence-corrected chi connectivity index (χ2v) is 7.14. The number of methoxy groups -OCH3 is 1. The molecule has 2 aromatic rings. The number of rotatable bonds is 6. The maximum atomic E-state index is 12.9. The normalized spacial score (nSPS) is 14.5. The van der Waals surface area contributed by atoms with Crippen LogP contribution in [0.15, 0.2) is 18.2 Å². The van der Waals surface area contributed by atoms with E-state index in [0.29, 0.717) is 12.2 Å². The molecular formula is C21H26N2O4. The van der Waals surface area contributed by atoms with Crippen LogP contribution in [0.1, 0.15) is 46.9 Å². The third-order valence-corrected chi connectivity index (χ3v) is 4.78. The quantitative estimate of drug-likeness (QED) is 0.791. The Hall–Kier alpha value is -2.47. The summed E-state index contributed by atoms with van der Waals surface area (Å²) >= 11 is 0. The number of aromatic nitrogens is 1. The van der Waals surface area contributed by atoms with Crippen molar-refractivity contribution in [3.63, 3.8) is 0 Å². The number of fused-ring (bicyclic) bond motifs is 2. The number of hydrogen-bond donors (Lipinski definition) is 1. The minimum atomic E-state index is -0.458. The average molecular weight is 370 g/mol. The maximum Gasteiger partial charge on any atom is 0.339 e. The van der Waals surface area contributed by atoms with E-state index in [2.05, 4.69) is 5.32 Å². The van der Waals surface area contributed by atoms with Gasteiger partial charge >= 0.3 is 5.97 Å². The first-order valence-electron chi connectivity index (χ1n) is 9.37. The lowest BCUT2D eigenvalue weighted by molar-refractivity contribution is -0.125. The Kier molecular flexibility index (Phi) is 6.06. The number of benzene rings is 1. The fourth-order valence-corrected chi connectivity index (χ4v) is 3.58. The van der Waals surface area contributed by atoms with Crippen molar-refractivity contribution in [1.29, 1.82) is 0 Å². The summed E-state index contributed by atoms with van der Waals surface area (Å²) in [5.74, 6) is -0.794. The smallest absolute Gasteiger partial charge is 0.339 e. The number of hydrogen-bond acceptors (Lipinski definition) is 5. The van der Waals surface area contributed by atoms with Crippen molar-refractivity contribution in [2.45, 2.75) is 45.6 Å². The molecule has 0 fully saturated rings. The second-order valence-electron chi connectivity index (χ2n) is 7.14. The molecule has 0 aliphatic heterocycles. The minimum absolute atomic E-state index is 0.140. The number of nitrogens with one attached hydrogen (secondary N) is 1. The second kappa shape index (κ2) is 8.48. The van der Waals surface area contributed by atoms with Crippen LogP contribution >= 0.6 is 0 Å². The highest BCUT2D eigenvalue weighted by molar-refractivity contribution is 6.05. The first kappa shape index (κ1) is 19.3. The Morgan fingerprint density at radius 2 is 2.04 bits per heavy atom. The van der Waals surface area contributed by atoms with Crippen LogP contribution in [0.3, 0.4) is 0 Å². The molecule has 1 amide bonds. The van der Waals surface area contributed by atoms with Crippen molar-refractivity contribution in [2.75, 3.05) is 20.3 Å². The van der Waals surface area contributed by atoms with Gasteiger partial charge in [-0.2, -0.15) is 0 Å². The number of pyridine rings is 1. The summed E-state index contributed by atoms with van der Waals surface area (Å²) in [6, 6.07) is 5.76. The van der Waals surface area contributed by atoms with Gasteiger partial charge in [-0.25, -0.2) is 4.79 Å². The first-order valence-corrected chi connectivity index (χ1v) is 9.37. The molecule has 1 aliphatic rings. The van der Waals surface area contributed by atoms with E-state index < -0.39 is 5.97 Å². The summed E-state index contributed by atoms with van der Waals surface area (Å²) in [5.41, 5.74) is 4.36. The van der Waals surface area contributed by atoms with Crippen LogP contribution in [-0.4, -0.2) is 43.2 Å². The number of aryl methyl sites for hydroxylation is 2. The highest BCUT2D eigenvalue weighted by Gasteiger charge is 2.24. The monoisotopic (exact) mass is 370 g/mol. The fourth-order valence-electron chi connectivity index (χ4n) is 3.58. The van der Waals surface area contributed by atoms with Crippen LogP contribution in [0.25, 0.3) is 10.9 Å². The SMILES string of the molecule is COCC(C)NC(=O)COC(=O)c1c2c(nc3ccc(C)cc13)CCCC2. The third-order valence-electron chi connectivity index (χ3n) is 4.78. The molecule has 6 heteroatoms. The number of esters is 1. The summed E-state index contributed by atoms with van der Waals surface area (Å²) in [5, 5.41) is 3.54. The van der Waals surface area contributed by atoms with Gasteiger partial charge in [-0.15, -0.1) is 0 Å². The van der Waals surface area contributed by atoms with Crippen LogP contribution in [0.5, 0.6) is 0 Å². The minimum Gasteiger partial charge on any atom is -0.452 e. The van der Waals surface area contributed by atoms with Gasteiger partial charge in [0, 0.05) is 24.2 Å². The van der Waals surface area contributed by atoms with Gasteiger partial charge in [0.15, 0.2) is 6.61 Å². The Morgan fingerprint density at radius 3 is 2.81 bits per heavy atom. The van der Waals surface area contributed by atoms with E-state index in [1.807, 2.05) is 32.0 Å². The molecular weight excluding hydrogens is 344 g/mol. The van der Waals surface area contributed by atoms with Gasteiger partial charge in [-0.05, 0) is 57.2 Å². The van der Waals surface area contributed by atoms with Crippen molar-refractivity contribution < 1.29 is 19.1 Å². The fraction of sp³-hybridized carbons (Fsp3) is 0.476. The molecule has 1 heterocycles. The predicted octanol–water partition coefficient (Wildman–Crippen LogP) is 2.73. The topological polar surface area (TPSA) is 77.5 Å². The van der Waals surface area contributed by atoms with Gasteiger partial charge in [-0.3, -0.25) is 9.78 Å². The molecule has 1 aromatic heterocycles. The first-order chi connectivity index (χ1) is 13.0. The maximum absolute atomic E-state index is 12.9. The summed E-state index contributed by atoms with van der Waals surface area (Å²) in [6.07, 6.45) is 3.79. The molecule has 27 heavy (non-hydrogen) atoms. The highest BCUT2D eigenvalue weighted by Crippen LogP contribution is 2.30. The van der Waals surface area contributed by atoms with Gasteiger partial charge < -0.3 is 14.8 Å². The molecule has 1 atom stereocenters. The molecule has 6 nitrogen and oxygen atoms in total. The number of amides is 1. The van der Waals surface area contributed by atoms with Crippen molar-refractivity contribution in [1.82, 2.24) is 10.3 Å². The Bertz CT molecular complexity index is 863. The van der Waals surface area contributed by atoms with E-state index in [0.717, 1.165) is 53.4 Å². The van der Waals surface area contributed by atoms with Gasteiger partial charge in [-0.1, -0.05) is 11.6 Å². The van der Waals surface area contributed by atoms with Crippen LogP contribution in [0.4, 0.5) is 0 Å². The summed E-state index contributed by atoms with van der Waals surface area (Å²) in [4.78, 5) is 29.7. The number of carbonyl (C=O) groups excluding carboxylic acids is 2. The standard InChI is InChI=1S/C21H26N2O4/c1-13-8-9-18-16(10-13)20(15-6-4-5-7-17(15)23-18)21(25)27-12-19(24)22-14(2)11-26-3/h8-10,14H,4-7,11-12H2,1-3H3,(H,22,24). The molecule has 1 aliphatic carbocycles. The number of nitrogens with zero attached hydrogens (tertiary/aromatic N) is 1. The van der Waals surface area contributed by atoms with E-state index in [9.17, 15) is 9.59 Å². The lowest BCUT2D eigenvalue weighted by atomic mass is 9.89. The summed E-state index contributed by atoms with van der Waals surface area (Å²) < 4.78 is 10.4. The zero-order chi connectivity index (χ0) is 19.4. The molecule has 1 aromatic carbocycles. The third kappa shape index (κ3) is 4.45. The molecule has 0 bridgehead atoms. The molecule has 0 saturated carbocycles. The Balaban J connectivity index is 1.85. The lowest BCUT2D eigenvalue weighted by Gasteiger charge is -2.20. The highest BCUT2D eigenvalue weighted by atomic mass is 16.5. The van der Waals surface area contributed by atoms with Crippen molar-refractivity contribution in [3.05, 3.63) is 40.6 Å². The van der Waals surface area contributed by atoms with Crippen molar-refractivity contribution >= 4 is 22.8 Å². The average Bonchev–Trinajstić information content (AvgIpc) is 2.64. The van der Waals surface area contributed by atoms with E-state index in [1.54, 1.807) is 7.11 Å². The van der Waals surface area contributed by atoms with E-state index >= 15 is 0 Å². The van der Waals surface area contributed by atoms with Crippen molar-refractivity contribution in [2.24, 2.45) is 0 Å². The van der Waals surface area contributed by atoms with Gasteiger partial charge in [0.05, 0.1) is 17.7 Å².